The van der Waals surface area contributed by atoms with Crippen molar-refractivity contribution < 1.29 is 19.4 Å². The Kier molecular flexibility index (Phi) is 5.24. The van der Waals surface area contributed by atoms with Gasteiger partial charge in [0.05, 0.1) is 12.0 Å². The maximum atomic E-state index is 13.0. The number of benzene rings is 1. The summed E-state index contributed by atoms with van der Waals surface area (Å²) in [6, 6.07) is 7.51. The molecule has 1 atom stereocenters. The minimum atomic E-state index is -0.936. The summed E-state index contributed by atoms with van der Waals surface area (Å²) < 4.78 is 6.53. The number of hydrogen-bond acceptors (Lipinski definition) is 3. The normalized spacial score (nSPS) is 22.7. The topological polar surface area (TPSA) is 66.8 Å². The number of aliphatic carboxylic acids is 1. The highest BCUT2D eigenvalue weighted by Crippen LogP contribution is 2.50. The number of ether oxygens (including phenoxy) is 1. The van der Waals surface area contributed by atoms with Gasteiger partial charge in [0.25, 0.3) is 0 Å². The van der Waals surface area contributed by atoms with Crippen molar-refractivity contribution >= 4 is 28.0 Å². The van der Waals surface area contributed by atoms with Gasteiger partial charge >= 0.3 is 12.1 Å². The van der Waals surface area contributed by atoms with E-state index in [4.69, 9.17) is 4.74 Å². The van der Waals surface area contributed by atoms with E-state index in [0.717, 1.165) is 10.0 Å². The van der Waals surface area contributed by atoms with Crippen LogP contribution in [0.3, 0.4) is 0 Å². The fourth-order valence-electron chi connectivity index (χ4n) is 3.60. The van der Waals surface area contributed by atoms with Crippen LogP contribution in [-0.2, 0) is 15.1 Å². The van der Waals surface area contributed by atoms with Crippen LogP contribution in [0.2, 0.25) is 0 Å². The van der Waals surface area contributed by atoms with E-state index in [-0.39, 0.29) is 6.42 Å². The summed E-state index contributed by atoms with van der Waals surface area (Å²) in [5.74, 6) is -0.936. The highest BCUT2D eigenvalue weighted by atomic mass is 79.9. The molecule has 0 radical (unpaired) electrons. The minimum Gasteiger partial charge on any atom is -0.481 e. The van der Waals surface area contributed by atoms with Crippen LogP contribution >= 0.6 is 15.9 Å². The molecule has 0 saturated carbocycles. The van der Waals surface area contributed by atoms with Crippen LogP contribution in [0.15, 0.2) is 28.7 Å². The maximum absolute atomic E-state index is 13.0. The van der Waals surface area contributed by atoms with Crippen LogP contribution in [0.5, 0.6) is 0 Å². The smallest absolute Gasteiger partial charge is 0.411 e. The first-order valence-electron chi connectivity index (χ1n) is 8.39. The summed E-state index contributed by atoms with van der Waals surface area (Å²) in [4.78, 5) is 26.3. The van der Waals surface area contributed by atoms with E-state index in [0.29, 0.717) is 12.8 Å². The quantitative estimate of drug-likeness (QED) is 0.765. The van der Waals surface area contributed by atoms with Crippen molar-refractivity contribution in [3.05, 3.63) is 34.3 Å². The summed E-state index contributed by atoms with van der Waals surface area (Å²) in [5.41, 5.74) is -1.25. The summed E-state index contributed by atoms with van der Waals surface area (Å²) >= 11 is 3.41. The average molecular weight is 412 g/mol. The van der Waals surface area contributed by atoms with Crippen molar-refractivity contribution in [2.75, 3.05) is 0 Å². The first kappa shape index (κ1) is 19.8. The van der Waals surface area contributed by atoms with E-state index in [1.807, 2.05) is 58.9 Å². The van der Waals surface area contributed by atoms with Crippen molar-refractivity contribution in [1.29, 1.82) is 0 Å². The lowest BCUT2D eigenvalue weighted by Gasteiger charge is -2.44. The second kappa shape index (κ2) is 6.63. The number of carbonyl (C=O) groups is 2. The second-order valence-corrected chi connectivity index (χ2v) is 9.15. The van der Waals surface area contributed by atoms with Crippen LogP contribution in [0.4, 0.5) is 4.79 Å². The highest BCUT2D eigenvalue weighted by molar-refractivity contribution is 9.10. The van der Waals surface area contributed by atoms with Crippen molar-refractivity contribution in [3.8, 4) is 0 Å². The molecular weight excluding hydrogens is 386 g/mol. The lowest BCUT2D eigenvalue weighted by Crippen LogP contribution is -2.55. The van der Waals surface area contributed by atoms with E-state index >= 15 is 0 Å². The van der Waals surface area contributed by atoms with Gasteiger partial charge < -0.3 is 9.84 Å². The number of likely N-dealkylation sites (tertiary alicyclic amines) is 1. The fourth-order valence-corrected chi connectivity index (χ4v) is 3.86. The lowest BCUT2D eigenvalue weighted by atomic mass is 9.84. The van der Waals surface area contributed by atoms with Gasteiger partial charge in [-0.2, -0.15) is 0 Å². The molecule has 1 heterocycles. The van der Waals surface area contributed by atoms with E-state index in [2.05, 4.69) is 15.9 Å². The molecule has 1 aromatic rings. The van der Waals surface area contributed by atoms with Crippen LogP contribution in [0.25, 0.3) is 0 Å². The molecule has 5 nitrogen and oxygen atoms in total. The largest absolute Gasteiger partial charge is 0.481 e. The predicted octanol–water partition coefficient (Wildman–Crippen LogP) is 4.93. The van der Waals surface area contributed by atoms with Gasteiger partial charge in [-0.1, -0.05) is 28.1 Å². The third kappa shape index (κ3) is 4.17. The van der Waals surface area contributed by atoms with Crippen LogP contribution < -0.4 is 0 Å². The number of carbonyl (C=O) groups excluding carboxylic acids is 1. The summed E-state index contributed by atoms with van der Waals surface area (Å²) in [7, 11) is 0. The summed E-state index contributed by atoms with van der Waals surface area (Å²) in [5, 5.41) is 9.57. The van der Waals surface area contributed by atoms with E-state index in [9.17, 15) is 14.7 Å². The molecule has 0 spiro atoms. The first-order valence-corrected chi connectivity index (χ1v) is 9.18. The Morgan fingerprint density at radius 3 is 2.24 bits per heavy atom. The lowest BCUT2D eigenvalue weighted by molar-refractivity contribution is -0.140. The fraction of sp³-hybridized carbons (Fsp3) is 0.579. The predicted molar refractivity (Wildman–Crippen MR) is 99.5 cm³/mol. The molecule has 2 rings (SSSR count). The van der Waals surface area contributed by atoms with Crippen molar-refractivity contribution in [2.45, 2.75) is 70.6 Å². The average Bonchev–Trinajstić information content (AvgIpc) is 2.69. The van der Waals surface area contributed by atoms with Gasteiger partial charge in [-0.25, -0.2) is 4.79 Å². The van der Waals surface area contributed by atoms with Gasteiger partial charge in [-0.05, 0) is 65.2 Å². The van der Waals surface area contributed by atoms with Gasteiger partial charge in [-0.3, -0.25) is 9.69 Å². The van der Waals surface area contributed by atoms with Crippen molar-refractivity contribution in [3.63, 3.8) is 0 Å². The third-order valence-corrected chi connectivity index (χ3v) is 5.11. The van der Waals surface area contributed by atoms with E-state index in [1.165, 1.54) is 0 Å². The Morgan fingerprint density at radius 2 is 1.76 bits per heavy atom. The van der Waals surface area contributed by atoms with Gasteiger partial charge in [0.15, 0.2) is 0 Å². The molecule has 138 valence electrons. The molecule has 1 fully saturated rings. The van der Waals surface area contributed by atoms with Crippen LogP contribution in [-0.4, -0.2) is 33.2 Å². The molecule has 0 aromatic heterocycles. The maximum Gasteiger partial charge on any atom is 0.411 e. The Labute approximate surface area is 157 Å². The minimum absolute atomic E-state index is 0.155. The zero-order valence-corrected chi connectivity index (χ0v) is 17.0. The Balaban J connectivity index is 2.57. The number of rotatable bonds is 3. The van der Waals surface area contributed by atoms with Crippen molar-refractivity contribution in [2.24, 2.45) is 0 Å². The number of halogens is 1. The molecular formula is C19H26BrNO4. The molecule has 1 aromatic carbocycles. The molecule has 1 aliphatic heterocycles. The van der Waals surface area contributed by atoms with E-state index < -0.39 is 28.7 Å². The zero-order valence-electron chi connectivity index (χ0n) is 15.4. The number of hydrogen-bond donors (Lipinski definition) is 1. The summed E-state index contributed by atoms with van der Waals surface area (Å²) in [6.07, 6.45) is 0.652. The Morgan fingerprint density at radius 1 is 1.20 bits per heavy atom. The summed E-state index contributed by atoms with van der Waals surface area (Å²) in [6.45, 7) is 9.35. The number of carboxylic acids is 1. The molecule has 6 heteroatoms. The third-order valence-electron chi connectivity index (χ3n) is 4.59. The molecule has 25 heavy (non-hydrogen) atoms. The molecule has 1 amide bonds. The van der Waals surface area contributed by atoms with Crippen LogP contribution in [0, 0.1) is 0 Å². The number of amides is 1. The van der Waals surface area contributed by atoms with Gasteiger partial charge in [0.1, 0.15) is 5.60 Å². The molecule has 0 unspecified atom stereocenters. The van der Waals surface area contributed by atoms with Gasteiger partial charge in [0.2, 0.25) is 0 Å². The van der Waals surface area contributed by atoms with E-state index in [1.54, 1.807) is 4.90 Å². The standard InChI is InChI=1S/C19H26BrNO4/c1-17(2,3)25-16(24)21-18(4,5)10-11-19(21,12-15(22)23)13-6-8-14(20)9-7-13/h6-9H,10-12H2,1-5H3,(H,22,23)/t19-/m0/s1. The molecule has 1 saturated heterocycles. The van der Waals surface area contributed by atoms with Crippen molar-refractivity contribution in [1.82, 2.24) is 4.90 Å². The molecule has 0 bridgehead atoms. The van der Waals surface area contributed by atoms with Crippen LogP contribution in [0.1, 0.15) is 59.4 Å². The monoisotopic (exact) mass is 411 g/mol. The zero-order chi connectivity index (χ0) is 19.0. The molecule has 1 aliphatic rings. The Bertz CT molecular complexity index is 663. The number of carboxylic acid groups (broad SMARTS) is 1. The molecule has 1 N–H and O–H groups in total. The SMILES string of the molecule is CC(C)(C)OC(=O)N1C(C)(C)CC[C@]1(CC(=O)O)c1ccc(Br)cc1. The second-order valence-electron chi connectivity index (χ2n) is 8.24. The number of nitrogens with zero attached hydrogens (tertiary/aromatic N) is 1. The first-order chi connectivity index (χ1) is 11.4. The van der Waals surface area contributed by atoms with Gasteiger partial charge in [-0.15, -0.1) is 0 Å². The molecule has 0 aliphatic carbocycles. The highest BCUT2D eigenvalue weighted by Gasteiger charge is 2.55. The van der Waals surface area contributed by atoms with Gasteiger partial charge in [0, 0.05) is 10.0 Å². The Hall–Kier alpha value is -1.56.